The molecule has 0 unspecified atom stereocenters. The van der Waals surface area contributed by atoms with E-state index in [9.17, 15) is 0 Å². The lowest BCUT2D eigenvalue weighted by Crippen LogP contribution is -2.04. The molecule has 1 aliphatic rings. The van der Waals surface area contributed by atoms with Crippen molar-refractivity contribution in [3.63, 3.8) is 0 Å². The molecule has 0 aliphatic carbocycles. The number of hydrogen-bond acceptors (Lipinski definition) is 2. The molecular formula is C44H30N4S. The fourth-order valence-corrected chi connectivity index (χ4v) is 11.0. The van der Waals surface area contributed by atoms with Crippen LogP contribution in [0.25, 0.3) is 93.6 Å². The van der Waals surface area contributed by atoms with Crippen molar-refractivity contribution in [2.45, 2.75) is 9.79 Å². The van der Waals surface area contributed by atoms with Gasteiger partial charge in [0.2, 0.25) is 5.95 Å². The number of aromatic amines is 1. The molecule has 1 aliphatic heterocycles. The third-order valence-corrected chi connectivity index (χ3v) is 13.5. The lowest BCUT2D eigenvalue weighted by Gasteiger charge is -2.28. The summed E-state index contributed by atoms with van der Waals surface area (Å²) in [5.41, 5.74) is 10.00. The van der Waals surface area contributed by atoms with E-state index in [0.29, 0.717) is 5.95 Å². The van der Waals surface area contributed by atoms with E-state index in [1.165, 1.54) is 53.2 Å². The number of para-hydroxylation sites is 2. The third kappa shape index (κ3) is 3.50. The van der Waals surface area contributed by atoms with Crippen LogP contribution in [0.15, 0.2) is 149 Å². The number of nitrogens with zero attached hydrogens (tertiary/aromatic N) is 3. The average molecular weight is 647 g/mol. The van der Waals surface area contributed by atoms with E-state index in [-0.39, 0.29) is 0 Å². The van der Waals surface area contributed by atoms with E-state index in [4.69, 9.17) is 9.97 Å². The van der Waals surface area contributed by atoms with Gasteiger partial charge in [0.05, 0.1) is 27.8 Å². The molecule has 5 heteroatoms. The van der Waals surface area contributed by atoms with Crippen molar-refractivity contribution in [2.24, 2.45) is 0 Å². The molecule has 0 spiro atoms. The average Bonchev–Trinajstić information content (AvgIpc) is 3.78. The monoisotopic (exact) mass is 646 g/mol. The zero-order valence-corrected chi connectivity index (χ0v) is 27.8. The summed E-state index contributed by atoms with van der Waals surface area (Å²) in [5, 5.41) is 8.45. The molecule has 0 fully saturated rings. The highest BCUT2D eigenvalue weighted by atomic mass is 32.3. The number of aromatic nitrogens is 4. The highest BCUT2D eigenvalue weighted by Gasteiger charge is 2.34. The van der Waals surface area contributed by atoms with E-state index in [2.05, 4.69) is 162 Å². The van der Waals surface area contributed by atoms with Crippen molar-refractivity contribution < 1.29 is 0 Å². The Morgan fingerprint density at radius 3 is 2.06 bits per heavy atom. The van der Waals surface area contributed by atoms with Gasteiger partial charge >= 0.3 is 0 Å². The summed E-state index contributed by atoms with van der Waals surface area (Å²) >= 11 is 0. The summed E-state index contributed by atoms with van der Waals surface area (Å²) < 4.78 is 2.30. The number of benzene rings is 7. The quantitative estimate of drug-likeness (QED) is 0.203. The maximum atomic E-state index is 5.60. The fourth-order valence-electron chi connectivity index (χ4n) is 8.50. The van der Waals surface area contributed by atoms with Crippen molar-refractivity contribution in [3.8, 4) is 28.3 Å². The summed E-state index contributed by atoms with van der Waals surface area (Å²) in [6.45, 7) is 0. The molecule has 0 radical (unpaired) electrons. The maximum Gasteiger partial charge on any atom is 0.235 e. The van der Waals surface area contributed by atoms with Crippen LogP contribution in [0.1, 0.15) is 0 Å². The Balaban J connectivity index is 1.35. The van der Waals surface area contributed by atoms with Crippen molar-refractivity contribution in [1.29, 1.82) is 0 Å². The van der Waals surface area contributed by atoms with Crippen molar-refractivity contribution >= 4 is 75.3 Å². The molecule has 0 amide bonds. The summed E-state index contributed by atoms with van der Waals surface area (Å²) in [4.78, 5) is 17.8. The predicted octanol–water partition coefficient (Wildman–Crippen LogP) is 11.6. The van der Waals surface area contributed by atoms with Crippen LogP contribution in [0.3, 0.4) is 0 Å². The molecule has 1 N–H and O–H groups in total. The zero-order chi connectivity index (χ0) is 32.4. The number of nitrogens with one attached hydrogen (secondary N) is 1. The third-order valence-electron chi connectivity index (χ3n) is 10.6. The molecule has 11 rings (SSSR count). The second-order valence-electron chi connectivity index (χ2n) is 13.4. The normalized spacial score (nSPS) is 14.3. The maximum absolute atomic E-state index is 5.60. The first-order valence-corrected chi connectivity index (χ1v) is 19.1. The van der Waals surface area contributed by atoms with Crippen LogP contribution in [-0.4, -0.2) is 32.0 Å². The Morgan fingerprint density at radius 2 is 1.22 bits per heavy atom. The molecule has 4 heterocycles. The number of rotatable bonds is 2. The van der Waals surface area contributed by atoms with Crippen LogP contribution in [0.2, 0.25) is 0 Å². The van der Waals surface area contributed by atoms with Gasteiger partial charge in [-0.15, -0.1) is 0 Å². The van der Waals surface area contributed by atoms with E-state index in [1.54, 1.807) is 0 Å². The molecule has 49 heavy (non-hydrogen) atoms. The summed E-state index contributed by atoms with van der Waals surface area (Å²) in [6, 6.07) is 50.3. The van der Waals surface area contributed by atoms with E-state index >= 15 is 0 Å². The first-order chi connectivity index (χ1) is 24.1. The van der Waals surface area contributed by atoms with Crippen molar-refractivity contribution in [2.75, 3.05) is 12.5 Å². The second-order valence-corrected chi connectivity index (χ2v) is 17.0. The van der Waals surface area contributed by atoms with Crippen LogP contribution < -0.4 is 0 Å². The van der Waals surface area contributed by atoms with Gasteiger partial charge < -0.3 is 4.98 Å². The topological polar surface area (TPSA) is 46.5 Å². The second kappa shape index (κ2) is 9.59. The number of H-pyrrole nitrogens is 1. The molecule has 10 aromatic rings. The van der Waals surface area contributed by atoms with Gasteiger partial charge in [-0.25, -0.2) is 9.97 Å². The Labute approximate surface area is 284 Å². The fraction of sp³-hybridized carbons (Fsp3) is 0.0455. The van der Waals surface area contributed by atoms with Gasteiger partial charge in [-0.2, -0.15) is 10.0 Å². The molecule has 0 atom stereocenters. The van der Waals surface area contributed by atoms with Gasteiger partial charge in [-0.05, 0) is 59.2 Å². The van der Waals surface area contributed by atoms with Gasteiger partial charge in [0.15, 0.2) is 0 Å². The van der Waals surface area contributed by atoms with E-state index < -0.39 is 10.0 Å². The van der Waals surface area contributed by atoms with Gasteiger partial charge in [0.1, 0.15) is 0 Å². The number of fused-ring (bicyclic) bond motifs is 15. The summed E-state index contributed by atoms with van der Waals surface area (Å²) in [6.07, 6.45) is 4.82. The van der Waals surface area contributed by atoms with Crippen molar-refractivity contribution in [1.82, 2.24) is 19.5 Å². The summed E-state index contributed by atoms with van der Waals surface area (Å²) in [5.74, 6) is 0.672. The van der Waals surface area contributed by atoms with Crippen LogP contribution in [-0.2, 0) is 0 Å². The van der Waals surface area contributed by atoms with Crippen LogP contribution in [0.4, 0.5) is 0 Å². The molecule has 0 saturated carbocycles. The highest BCUT2D eigenvalue weighted by Crippen LogP contribution is 2.68. The first-order valence-electron chi connectivity index (χ1n) is 16.7. The molecule has 0 saturated heterocycles. The minimum absolute atomic E-state index is 0.672. The van der Waals surface area contributed by atoms with Crippen LogP contribution in [0, 0.1) is 0 Å². The lowest BCUT2D eigenvalue weighted by molar-refractivity contribution is 1.02. The van der Waals surface area contributed by atoms with Gasteiger partial charge in [0.25, 0.3) is 0 Å². The van der Waals surface area contributed by atoms with Gasteiger partial charge in [0, 0.05) is 53.4 Å². The smallest absolute Gasteiger partial charge is 0.235 e. The molecule has 4 nitrogen and oxygen atoms in total. The first kappa shape index (κ1) is 27.1. The van der Waals surface area contributed by atoms with E-state index in [1.807, 2.05) is 0 Å². The van der Waals surface area contributed by atoms with E-state index in [0.717, 1.165) is 44.2 Å². The Hall–Kier alpha value is -5.91. The molecule has 232 valence electrons. The van der Waals surface area contributed by atoms with Crippen LogP contribution >= 0.6 is 10.0 Å². The minimum Gasteiger partial charge on any atom is -0.353 e. The Bertz CT molecular complexity index is 3020. The molecule has 7 aromatic carbocycles. The zero-order valence-electron chi connectivity index (χ0n) is 27.0. The minimum atomic E-state index is -1.19. The highest BCUT2D eigenvalue weighted by molar-refractivity contribution is 8.33. The molecule has 3 aromatic heterocycles. The van der Waals surface area contributed by atoms with Gasteiger partial charge in [-0.1, -0.05) is 109 Å². The Kier molecular flexibility index (Phi) is 5.30. The van der Waals surface area contributed by atoms with Crippen molar-refractivity contribution in [3.05, 3.63) is 140 Å². The number of hydrogen-bond donors (Lipinski definition) is 1. The predicted molar refractivity (Wildman–Crippen MR) is 208 cm³/mol. The van der Waals surface area contributed by atoms with Gasteiger partial charge in [-0.3, -0.25) is 4.57 Å². The molecular weight excluding hydrogens is 617 g/mol. The standard InChI is InChI=1S/C44H30N4S/c1-49(2)35-23-13-10-20-31(35)39-36(49)25-24-33-40(39)41(26-14-4-3-5-15-26)47-44(46-33)48-34-22-12-9-19-30(34)38-28-17-7-6-16-27(28)37-29-18-8-11-21-32(29)45-42(37)43(38)48/h3-25,45H,1-2H3. The largest absolute Gasteiger partial charge is 0.353 e. The SMILES string of the molecule is CS1(C)c2ccccc2-c2c1ccc1nc(-n3c4ccccc4c4c5ccccc5c5c6ccccc6[nH]c5c43)nc(-c3ccccc3)c21. The Morgan fingerprint density at radius 1 is 0.551 bits per heavy atom. The lowest BCUT2D eigenvalue weighted by atomic mass is 9.97. The summed E-state index contributed by atoms with van der Waals surface area (Å²) in [7, 11) is -1.19. The van der Waals surface area contributed by atoms with Crippen LogP contribution in [0.5, 0.6) is 0 Å². The molecule has 0 bridgehead atoms.